The van der Waals surface area contributed by atoms with E-state index < -0.39 is 11.2 Å². The van der Waals surface area contributed by atoms with E-state index in [1.165, 1.54) is 13.3 Å². The van der Waals surface area contributed by atoms with E-state index in [-0.39, 0.29) is 23.4 Å². The highest BCUT2D eigenvalue weighted by molar-refractivity contribution is 6.10. The number of fused-ring (bicyclic) bond motifs is 1. The summed E-state index contributed by atoms with van der Waals surface area (Å²) in [5.74, 6) is 1.05. The molecule has 4 rings (SSSR count). The normalized spacial score (nSPS) is 10.7. The summed E-state index contributed by atoms with van der Waals surface area (Å²) in [5.41, 5.74) is 0.977. The zero-order valence-electron chi connectivity index (χ0n) is 20.9. The molecule has 1 amide bonds. The van der Waals surface area contributed by atoms with E-state index in [1.54, 1.807) is 71.3 Å². The van der Waals surface area contributed by atoms with E-state index >= 15 is 0 Å². The van der Waals surface area contributed by atoms with Gasteiger partial charge in [-0.3, -0.25) is 14.4 Å². The largest absolute Gasteiger partial charge is 0.497 e. The Balaban J connectivity index is 1.69. The summed E-state index contributed by atoms with van der Waals surface area (Å²) < 4.78 is 17.8. The molecule has 3 aromatic carbocycles. The van der Waals surface area contributed by atoms with Crippen LogP contribution in [0, 0.1) is 0 Å². The second-order valence-corrected chi connectivity index (χ2v) is 8.17. The quantitative estimate of drug-likeness (QED) is 0.318. The maximum atomic E-state index is 13.4. The number of benzene rings is 3. The molecule has 1 heterocycles. The van der Waals surface area contributed by atoms with Crippen LogP contribution in [0.4, 0.5) is 5.69 Å². The van der Waals surface area contributed by atoms with Crippen LogP contribution in [-0.2, 0) is 11.3 Å². The number of carbonyl (C=O) groups is 2. The molecule has 8 heteroatoms. The average molecular weight is 501 g/mol. The van der Waals surface area contributed by atoms with Crippen LogP contribution in [0.1, 0.15) is 29.8 Å². The Hall–Kier alpha value is -4.59. The van der Waals surface area contributed by atoms with Gasteiger partial charge in [-0.25, -0.2) is 0 Å². The first kappa shape index (κ1) is 25.5. The molecule has 0 fully saturated rings. The number of nitrogens with zero attached hydrogens (tertiary/aromatic N) is 1. The lowest BCUT2D eigenvalue weighted by molar-refractivity contribution is -0.116. The number of ketones is 1. The number of hydrogen-bond donors (Lipinski definition) is 1. The van der Waals surface area contributed by atoms with Crippen LogP contribution in [0.15, 0.2) is 77.7 Å². The van der Waals surface area contributed by atoms with Gasteiger partial charge in [0.2, 0.25) is 11.3 Å². The number of methoxy groups -OCH3 is 1. The van der Waals surface area contributed by atoms with Crippen molar-refractivity contribution in [3.05, 3.63) is 94.3 Å². The highest BCUT2D eigenvalue weighted by atomic mass is 16.5. The third-order valence-corrected chi connectivity index (χ3v) is 5.72. The van der Waals surface area contributed by atoms with Crippen LogP contribution >= 0.6 is 0 Å². The highest BCUT2D eigenvalue weighted by Crippen LogP contribution is 2.22. The molecule has 8 nitrogen and oxygen atoms in total. The minimum Gasteiger partial charge on any atom is -0.497 e. The van der Waals surface area contributed by atoms with Gasteiger partial charge in [-0.05, 0) is 80.6 Å². The van der Waals surface area contributed by atoms with Crippen molar-refractivity contribution in [2.45, 2.75) is 20.4 Å². The molecule has 0 bridgehead atoms. The molecule has 1 aromatic heterocycles. The van der Waals surface area contributed by atoms with Crippen LogP contribution in [0.25, 0.3) is 10.9 Å². The first-order valence-corrected chi connectivity index (χ1v) is 11.9. The number of ether oxygens (including phenoxy) is 3. The number of aromatic nitrogens is 1. The third kappa shape index (κ3) is 5.81. The summed E-state index contributed by atoms with van der Waals surface area (Å²) in [5, 5.41) is 3.13. The molecule has 190 valence electrons. The number of amides is 1. The van der Waals surface area contributed by atoms with Gasteiger partial charge in [0.05, 0.1) is 36.8 Å². The van der Waals surface area contributed by atoms with Gasteiger partial charge in [-0.15, -0.1) is 0 Å². The van der Waals surface area contributed by atoms with Crippen LogP contribution in [0.3, 0.4) is 0 Å². The fourth-order valence-electron chi connectivity index (χ4n) is 3.98. The van der Waals surface area contributed by atoms with Crippen LogP contribution in [0.2, 0.25) is 0 Å². The van der Waals surface area contributed by atoms with Crippen molar-refractivity contribution in [2.75, 3.05) is 25.6 Å². The van der Waals surface area contributed by atoms with Gasteiger partial charge in [0, 0.05) is 17.4 Å². The lowest BCUT2D eigenvalue weighted by Crippen LogP contribution is -2.24. The highest BCUT2D eigenvalue weighted by Gasteiger charge is 2.19. The lowest BCUT2D eigenvalue weighted by Gasteiger charge is -2.14. The van der Waals surface area contributed by atoms with Crippen LogP contribution < -0.4 is 25.0 Å². The zero-order valence-corrected chi connectivity index (χ0v) is 20.9. The van der Waals surface area contributed by atoms with Crippen molar-refractivity contribution >= 4 is 28.3 Å². The fraction of sp³-hybridized carbons (Fsp3) is 0.207. The smallest absolute Gasteiger partial charge is 0.244 e. The minimum atomic E-state index is -0.446. The Morgan fingerprint density at radius 3 is 2.03 bits per heavy atom. The molecule has 0 aliphatic rings. The molecule has 0 saturated heterocycles. The van der Waals surface area contributed by atoms with Gasteiger partial charge < -0.3 is 24.1 Å². The molecule has 0 spiro atoms. The molecule has 0 aliphatic heterocycles. The number of nitrogens with one attached hydrogen (secondary N) is 1. The Morgan fingerprint density at radius 2 is 1.43 bits per heavy atom. The predicted molar refractivity (Wildman–Crippen MR) is 142 cm³/mol. The molecule has 37 heavy (non-hydrogen) atoms. The zero-order chi connectivity index (χ0) is 26.4. The monoisotopic (exact) mass is 500 g/mol. The summed E-state index contributed by atoms with van der Waals surface area (Å²) in [4.78, 5) is 39.6. The topological polar surface area (TPSA) is 95.9 Å². The molecule has 0 unspecified atom stereocenters. The first-order chi connectivity index (χ1) is 17.9. The maximum absolute atomic E-state index is 13.4. The van der Waals surface area contributed by atoms with Gasteiger partial charge in [0.15, 0.2) is 5.78 Å². The van der Waals surface area contributed by atoms with Gasteiger partial charge in [-0.2, -0.15) is 0 Å². The van der Waals surface area contributed by atoms with E-state index in [4.69, 9.17) is 14.2 Å². The molecule has 0 radical (unpaired) electrons. The number of rotatable bonds is 10. The second kappa shape index (κ2) is 11.4. The first-order valence-electron chi connectivity index (χ1n) is 11.9. The van der Waals surface area contributed by atoms with Crippen LogP contribution in [-0.4, -0.2) is 36.6 Å². The van der Waals surface area contributed by atoms with Crippen molar-refractivity contribution < 1.29 is 23.8 Å². The molecular formula is C29H28N2O6. The molecule has 1 N–H and O–H groups in total. The summed E-state index contributed by atoms with van der Waals surface area (Å²) >= 11 is 0. The Labute approximate surface area is 214 Å². The minimum absolute atomic E-state index is 0.0428. The third-order valence-electron chi connectivity index (χ3n) is 5.72. The number of carbonyl (C=O) groups excluding carboxylic acids is 2. The molecule has 0 saturated carbocycles. The fourth-order valence-corrected chi connectivity index (χ4v) is 3.98. The van der Waals surface area contributed by atoms with E-state index in [0.717, 1.165) is 0 Å². The van der Waals surface area contributed by atoms with Crippen molar-refractivity contribution in [1.29, 1.82) is 0 Å². The maximum Gasteiger partial charge on any atom is 0.244 e. The Morgan fingerprint density at radius 1 is 0.838 bits per heavy atom. The summed E-state index contributed by atoms with van der Waals surface area (Å²) in [6.07, 6.45) is 1.44. The van der Waals surface area contributed by atoms with Crippen molar-refractivity contribution in [1.82, 2.24) is 4.57 Å². The second-order valence-electron chi connectivity index (χ2n) is 8.17. The van der Waals surface area contributed by atoms with Crippen molar-refractivity contribution in [3.8, 4) is 17.2 Å². The number of pyridine rings is 1. The summed E-state index contributed by atoms with van der Waals surface area (Å²) in [6.45, 7) is 4.71. The lowest BCUT2D eigenvalue weighted by atomic mass is 10.0. The van der Waals surface area contributed by atoms with Crippen molar-refractivity contribution in [3.63, 3.8) is 0 Å². The number of anilines is 1. The Kier molecular flexibility index (Phi) is 7.88. The molecular weight excluding hydrogens is 472 g/mol. The standard InChI is InChI=1S/C29H28N2O6/c1-4-36-21-10-6-19(7-11-21)28(33)25-17-31(26-15-14-23(35-3)16-24(26)29(25)34)18-27(32)30-20-8-12-22(13-9-20)37-5-2/h6-17H,4-5,18H2,1-3H3,(H,30,32). The number of hydrogen-bond acceptors (Lipinski definition) is 6. The van der Waals surface area contributed by atoms with Gasteiger partial charge in [-0.1, -0.05) is 0 Å². The summed E-state index contributed by atoms with van der Waals surface area (Å²) in [7, 11) is 1.50. The summed E-state index contributed by atoms with van der Waals surface area (Å²) in [6, 6.07) is 18.6. The molecule has 0 aliphatic carbocycles. The average Bonchev–Trinajstić information content (AvgIpc) is 2.91. The predicted octanol–water partition coefficient (Wildman–Crippen LogP) is 4.68. The van der Waals surface area contributed by atoms with E-state index in [0.29, 0.717) is 47.2 Å². The molecule has 4 aromatic rings. The Bertz CT molecular complexity index is 1470. The van der Waals surface area contributed by atoms with E-state index in [9.17, 15) is 14.4 Å². The van der Waals surface area contributed by atoms with Gasteiger partial charge in [0.25, 0.3) is 0 Å². The SMILES string of the molecule is CCOc1ccc(NC(=O)Cn2cc(C(=O)c3ccc(OCC)cc3)c(=O)c3cc(OC)ccc32)cc1. The van der Waals surface area contributed by atoms with Crippen molar-refractivity contribution in [2.24, 2.45) is 0 Å². The molecule has 0 atom stereocenters. The van der Waals surface area contributed by atoms with Crippen LogP contribution in [0.5, 0.6) is 17.2 Å². The van der Waals surface area contributed by atoms with E-state index in [1.807, 2.05) is 13.8 Å². The van der Waals surface area contributed by atoms with E-state index in [2.05, 4.69) is 5.32 Å². The van der Waals surface area contributed by atoms with Gasteiger partial charge in [0.1, 0.15) is 23.8 Å². The van der Waals surface area contributed by atoms with Gasteiger partial charge >= 0.3 is 0 Å².